The summed E-state index contributed by atoms with van der Waals surface area (Å²) in [6.45, 7) is 1.90. The van der Waals surface area contributed by atoms with Gasteiger partial charge in [-0.15, -0.1) is 0 Å². The molecule has 0 unspecified atom stereocenters. The molecule has 0 spiro atoms. The average molecular weight is 258 g/mol. The smallest absolute Gasteiger partial charge is 0.326 e. The minimum absolute atomic E-state index is 0.265. The second kappa shape index (κ2) is 5.70. The third-order valence-corrected chi connectivity index (χ3v) is 3.07. The number of carbonyl (C=O) groups is 3. The zero-order valence-corrected chi connectivity index (χ0v) is 10.5. The molecule has 0 aromatic rings. The monoisotopic (exact) mass is 258 g/mol. The molecule has 0 saturated heterocycles. The number of aliphatic carboxylic acids is 1. The van der Waals surface area contributed by atoms with Crippen LogP contribution in [0.15, 0.2) is 0 Å². The maximum atomic E-state index is 11.6. The van der Waals surface area contributed by atoms with Gasteiger partial charge >= 0.3 is 18.0 Å². The largest absolute Gasteiger partial charge is 0.480 e. The topological polar surface area (TPSA) is 105 Å². The van der Waals surface area contributed by atoms with Gasteiger partial charge in [-0.2, -0.15) is 0 Å². The van der Waals surface area contributed by atoms with Crippen LogP contribution < -0.4 is 10.6 Å². The molecular weight excluding hydrogens is 240 g/mol. The molecule has 1 fully saturated rings. The standard InChI is InChI=1S/C11H18N2O5/c1-11(4-3-5-11)13-10(17)12-7(9(15)16)6-8(14)18-2/h7H,3-6H2,1-2H3,(H,15,16)(H2,12,13,17)/t7-/m0/s1. The van der Waals surface area contributed by atoms with E-state index < -0.39 is 30.4 Å². The van der Waals surface area contributed by atoms with Gasteiger partial charge in [-0.3, -0.25) is 4.79 Å². The van der Waals surface area contributed by atoms with E-state index in [0.29, 0.717) is 0 Å². The third kappa shape index (κ3) is 3.90. The van der Waals surface area contributed by atoms with Gasteiger partial charge in [0.05, 0.1) is 13.5 Å². The number of amides is 2. The van der Waals surface area contributed by atoms with Crippen LogP contribution in [0.25, 0.3) is 0 Å². The number of carboxylic acids is 1. The van der Waals surface area contributed by atoms with Crippen LogP contribution in [-0.4, -0.2) is 41.8 Å². The molecule has 3 N–H and O–H groups in total. The van der Waals surface area contributed by atoms with Gasteiger partial charge in [0.15, 0.2) is 0 Å². The Morgan fingerprint density at radius 2 is 2.00 bits per heavy atom. The molecule has 1 saturated carbocycles. The number of carbonyl (C=O) groups excluding carboxylic acids is 2. The first-order valence-corrected chi connectivity index (χ1v) is 5.74. The van der Waals surface area contributed by atoms with Crippen LogP contribution in [0, 0.1) is 0 Å². The number of hydrogen-bond acceptors (Lipinski definition) is 4. The predicted octanol–water partition coefficient (Wildman–Crippen LogP) is 0.245. The van der Waals surface area contributed by atoms with Crippen molar-refractivity contribution in [1.29, 1.82) is 0 Å². The Hall–Kier alpha value is -1.79. The van der Waals surface area contributed by atoms with E-state index in [4.69, 9.17) is 5.11 Å². The molecule has 18 heavy (non-hydrogen) atoms. The van der Waals surface area contributed by atoms with Crippen molar-refractivity contribution >= 4 is 18.0 Å². The van der Waals surface area contributed by atoms with Gasteiger partial charge in [0.1, 0.15) is 6.04 Å². The highest BCUT2D eigenvalue weighted by Gasteiger charge is 2.34. The summed E-state index contributed by atoms with van der Waals surface area (Å²) < 4.78 is 4.37. The fourth-order valence-electron chi connectivity index (χ4n) is 1.75. The molecule has 1 rings (SSSR count). The molecule has 1 atom stereocenters. The fourth-order valence-corrected chi connectivity index (χ4v) is 1.75. The quantitative estimate of drug-likeness (QED) is 0.613. The normalized spacial score (nSPS) is 18.1. The fraction of sp³-hybridized carbons (Fsp3) is 0.727. The molecule has 0 aromatic carbocycles. The number of rotatable bonds is 5. The van der Waals surface area contributed by atoms with Gasteiger partial charge in [-0.1, -0.05) is 0 Å². The maximum absolute atomic E-state index is 11.6. The molecule has 1 aliphatic rings. The summed E-state index contributed by atoms with van der Waals surface area (Å²) in [6, 6.07) is -1.85. The number of esters is 1. The maximum Gasteiger partial charge on any atom is 0.326 e. The second-order valence-corrected chi connectivity index (χ2v) is 4.68. The number of ether oxygens (including phenoxy) is 1. The molecule has 0 aliphatic heterocycles. The van der Waals surface area contributed by atoms with Crippen LogP contribution in [0.2, 0.25) is 0 Å². The lowest BCUT2D eigenvalue weighted by Crippen LogP contribution is -2.57. The van der Waals surface area contributed by atoms with Crippen LogP contribution in [0.1, 0.15) is 32.6 Å². The van der Waals surface area contributed by atoms with E-state index in [1.54, 1.807) is 0 Å². The minimum atomic E-state index is -1.28. The molecule has 7 nitrogen and oxygen atoms in total. The highest BCUT2D eigenvalue weighted by molar-refractivity contribution is 5.86. The van der Waals surface area contributed by atoms with Crippen molar-refractivity contribution in [2.24, 2.45) is 0 Å². The van der Waals surface area contributed by atoms with Crippen LogP contribution >= 0.6 is 0 Å². The number of urea groups is 1. The molecule has 0 heterocycles. The first kappa shape index (κ1) is 14.3. The lowest BCUT2D eigenvalue weighted by Gasteiger charge is -2.39. The highest BCUT2D eigenvalue weighted by atomic mass is 16.5. The van der Waals surface area contributed by atoms with E-state index >= 15 is 0 Å². The Balaban J connectivity index is 2.47. The number of carboxylic acid groups (broad SMARTS) is 1. The van der Waals surface area contributed by atoms with Crippen molar-refractivity contribution < 1.29 is 24.2 Å². The van der Waals surface area contributed by atoms with Gasteiger partial charge < -0.3 is 20.5 Å². The molecule has 102 valence electrons. The SMILES string of the molecule is COC(=O)C[C@H](NC(=O)NC1(C)CCC1)C(=O)O. The molecule has 0 bridgehead atoms. The Bertz CT molecular complexity index is 351. The summed E-state index contributed by atoms with van der Waals surface area (Å²) >= 11 is 0. The van der Waals surface area contributed by atoms with Crippen molar-refractivity contribution in [2.75, 3.05) is 7.11 Å². The predicted molar refractivity (Wildman–Crippen MR) is 62.0 cm³/mol. The summed E-state index contributed by atoms with van der Waals surface area (Å²) in [7, 11) is 1.16. The number of nitrogens with one attached hydrogen (secondary N) is 2. The van der Waals surface area contributed by atoms with Gasteiger partial charge in [-0.05, 0) is 26.2 Å². The third-order valence-electron chi connectivity index (χ3n) is 3.07. The Morgan fingerprint density at radius 1 is 1.39 bits per heavy atom. The average Bonchev–Trinajstić information content (AvgIpc) is 2.25. The van der Waals surface area contributed by atoms with E-state index in [-0.39, 0.29) is 5.54 Å². The summed E-state index contributed by atoms with van der Waals surface area (Å²) in [5, 5.41) is 13.8. The van der Waals surface area contributed by atoms with Crippen molar-refractivity contribution in [1.82, 2.24) is 10.6 Å². The lowest BCUT2D eigenvalue weighted by molar-refractivity contribution is -0.147. The van der Waals surface area contributed by atoms with Crippen molar-refractivity contribution in [3.8, 4) is 0 Å². The zero-order chi connectivity index (χ0) is 13.8. The van der Waals surface area contributed by atoms with Gasteiger partial charge in [-0.25, -0.2) is 9.59 Å². The molecule has 2 amide bonds. The first-order chi connectivity index (χ1) is 8.36. The van der Waals surface area contributed by atoms with Crippen molar-refractivity contribution in [2.45, 2.75) is 44.2 Å². The van der Waals surface area contributed by atoms with Crippen molar-refractivity contribution in [3.05, 3.63) is 0 Å². The van der Waals surface area contributed by atoms with Crippen LogP contribution in [0.5, 0.6) is 0 Å². The summed E-state index contributed by atoms with van der Waals surface area (Å²) in [5.41, 5.74) is -0.265. The van der Waals surface area contributed by atoms with Gasteiger partial charge in [0.2, 0.25) is 0 Å². The first-order valence-electron chi connectivity index (χ1n) is 5.74. The highest BCUT2D eigenvalue weighted by Crippen LogP contribution is 2.30. The van der Waals surface area contributed by atoms with Crippen LogP contribution in [0.4, 0.5) is 4.79 Å². The van der Waals surface area contributed by atoms with E-state index in [1.807, 2.05) is 6.92 Å². The Labute approximate surface area is 105 Å². The zero-order valence-electron chi connectivity index (χ0n) is 10.5. The summed E-state index contributed by atoms with van der Waals surface area (Å²) in [6.07, 6.45) is 2.39. The molecule has 7 heteroatoms. The summed E-state index contributed by atoms with van der Waals surface area (Å²) in [5.74, 6) is -1.95. The van der Waals surface area contributed by atoms with Gasteiger partial charge in [0.25, 0.3) is 0 Å². The van der Waals surface area contributed by atoms with E-state index in [1.165, 1.54) is 0 Å². The van der Waals surface area contributed by atoms with E-state index in [2.05, 4.69) is 15.4 Å². The van der Waals surface area contributed by atoms with E-state index in [9.17, 15) is 14.4 Å². The summed E-state index contributed by atoms with van der Waals surface area (Å²) in [4.78, 5) is 33.5. The molecule has 0 radical (unpaired) electrons. The minimum Gasteiger partial charge on any atom is -0.480 e. The van der Waals surface area contributed by atoms with E-state index in [0.717, 1.165) is 26.4 Å². The Morgan fingerprint density at radius 3 is 2.39 bits per heavy atom. The lowest BCUT2D eigenvalue weighted by atomic mass is 9.79. The Kier molecular flexibility index (Phi) is 4.52. The van der Waals surface area contributed by atoms with Crippen molar-refractivity contribution in [3.63, 3.8) is 0 Å². The number of hydrogen-bond donors (Lipinski definition) is 3. The number of methoxy groups -OCH3 is 1. The van der Waals surface area contributed by atoms with Crippen LogP contribution in [-0.2, 0) is 14.3 Å². The second-order valence-electron chi connectivity index (χ2n) is 4.68. The van der Waals surface area contributed by atoms with Crippen LogP contribution in [0.3, 0.4) is 0 Å². The molecular formula is C11H18N2O5. The van der Waals surface area contributed by atoms with Gasteiger partial charge in [0, 0.05) is 5.54 Å². The molecule has 1 aliphatic carbocycles. The molecule has 0 aromatic heterocycles.